The van der Waals surface area contributed by atoms with Gasteiger partial charge in [0.2, 0.25) is 0 Å². The number of ether oxygens (including phenoxy) is 3. The summed E-state index contributed by atoms with van der Waals surface area (Å²) in [6.07, 6.45) is 3.54. The molecule has 0 atom stereocenters. The van der Waals surface area contributed by atoms with Gasteiger partial charge in [-0.1, -0.05) is 6.07 Å². The molecule has 0 saturated heterocycles. The Morgan fingerprint density at radius 3 is 2.64 bits per heavy atom. The molecule has 1 aliphatic carbocycles. The van der Waals surface area contributed by atoms with Crippen LogP contribution < -0.4 is 14.8 Å². The highest BCUT2D eigenvalue weighted by atomic mass is 16.5. The minimum atomic E-state index is 0.739. The zero-order valence-corrected chi connectivity index (χ0v) is 15.9. The Bertz CT molecular complexity index is 559. The zero-order valence-electron chi connectivity index (χ0n) is 15.9. The van der Waals surface area contributed by atoms with E-state index in [0.717, 1.165) is 56.1 Å². The molecule has 0 heterocycles. The van der Waals surface area contributed by atoms with Gasteiger partial charge >= 0.3 is 0 Å². The van der Waals surface area contributed by atoms with Gasteiger partial charge in [-0.3, -0.25) is 4.99 Å². The fourth-order valence-corrected chi connectivity index (χ4v) is 2.58. The Morgan fingerprint density at radius 2 is 2.00 bits per heavy atom. The third kappa shape index (κ3) is 6.46. The molecule has 0 amide bonds. The van der Waals surface area contributed by atoms with E-state index < -0.39 is 0 Å². The van der Waals surface area contributed by atoms with Gasteiger partial charge in [-0.2, -0.15) is 0 Å². The van der Waals surface area contributed by atoms with E-state index in [9.17, 15) is 0 Å². The fraction of sp³-hybridized carbons (Fsp3) is 0.632. The van der Waals surface area contributed by atoms with Crippen molar-refractivity contribution in [3.63, 3.8) is 0 Å². The Balaban J connectivity index is 1.72. The van der Waals surface area contributed by atoms with Crippen molar-refractivity contribution in [1.29, 1.82) is 0 Å². The molecule has 0 aliphatic heterocycles. The topological polar surface area (TPSA) is 55.3 Å². The second-order valence-electron chi connectivity index (χ2n) is 6.35. The monoisotopic (exact) mass is 349 g/mol. The first kappa shape index (κ1) is 19.4. The van der Waals surface area contributed by atoms with Crippen LogP contribution in [0.4, 0.5) is 0 Å². The highest BCUT2D eigenvalue weighted by Gasteiger charge is 2.21. The van der Waals surface area contributed by atoms with Crippen LogP contribution in [0.25, 0.3) is 0 Å². The normalized spacial score (nSPS) is 14.3. The van der Waals surface area contributed by atoms with Crippen LogP contribution in [0.2, 0.25) is 0 Å². The lowest BCUT2D eigenvalue weighted by molar-refractivity contribution is 0.115. The molecule has 6 nitrogen and oxygen atoms in total. The van der Waals surface area contributed by atoms with E-state index in [0.29, 0.717) is 0 Å². The number of nitrogens with zero attached hydrogens (tertiary/aromatic N) is 2. The van der Waals surface area contributed by atoms with E-state index in [1.54, 1.807) is 21.3 Å². The molecule has 0 aromatic heterocycles. The number of rotatable bonds is 10. The van der Waals surface area contributed by atoms with Crippen LogP contribution >= 0.6 is 0 Å². The average molecular weight is 349 g/mol. The Labute approximate surface area is 151 Å². The summed E-state index contributed by atoms with van der Waals surface area (Å²) in [5.74, 6) is 3.20. The zero-order chi connectivity index (χ0) is 18.1. The lowest BCUT2D eigenvalue weighted by Gasteiger charge is -2.22. The van der Waals surface area contributed by atoms with E-state index in [1.165, 1.54) is 18.4 Å². The van der Waals surface area contributed by atoms with Crippen LogP contribution in [0.5, 0.6) is 11.5 Å². The van der Waals surface area contributed by atoms with Gasteiger partial charge in [0.25, 0.3) is 0 Å². The SMILES string of the molecule is CN=C(NCCc1ccc(OC)c(OC)c1)N(C)CCOCC1CC1. The number of hydrogen-bond acceptors (Lipinski definition) is 4. The van der Waals surface area contributed by atoms with E-state index in [4.69, 9.17) is 14.2 Å². The lowest BCUT2D eigenvalue weighted by Crippen LogP contribution is -2.41. The number of hydrogen-bond donors (Lipinski definition) is 1. The number of nitrogens with one attached hydrogen (secondary N) is 1. The standard InChI is InChI=1S/C19H31N3O3/c1-20-19(22(2)11-12-25-14-16-5-6-16)21-10-9-15-7-8-17(23-3)18(13-15)24-4/h7-8,13,16H,5-6,9-12,14H2,1-4H3,(H,20,21). The van der Waals surface area contributed by atoms with Crippen molar-refractivity contribution in [3.05, 3.63) is 23.8 Å². The summed E-state index contributed by atoms with van der Waals surface area (Å²) in [5.41, 5.74) is 1.19. The van der Waals surface area contributed by atoms with E-state index in [-0.39, 0.29) is 0 Å². The third-order valence-corrected chi connectivity index (χ3v) is 4.34. The molecule has 6 heteroatoms. The maximum Gasteiger partial charge on any atom is 0.193 e. The van der Waals surface area contributed by atoms with Crippen LogP contribution in [0.3, 0.4) is 0 Å². The predicted octanol–water partition coefficient (Wildman–Crippen LogP) is 2.18. The molecular formula is C19H31N3O3. The molecule has 0 spiro atoms. The number of aliphatic imine (C=N–C) groups is 1. The first-order chi connectivity index (χ1) is 12.2. The Kier molecular flexibility index (Phi) is 7.85. The summed E-state index contributed by atoms with van der Waals surface area (Å²) in [5, 5.41) is 3.39. The number of likely N-dealkylation sites (N-methyl/N-ethyl adjacent to an activating group) is 1. The van der Waals surface area contributed by atoms with Crippen molar-refractivity contribution in [2.75, 3.05) is 54.6 Å². The summed E-state index contributed by atoms with van der Waals surface area (Å²) in [7, 11) is 7.14. The molecule has 0 radical (unpaired) electrons. The van der Waals surface area contributed by atoms with E-state index in [2.05, 4.69) is 21.3 Å². The summed E-state index contributed by atoms with van der Waals surface area (Å²) >= 11 is 0. The highest BCUT2D eigenvalue weighted by Crippen LogP contribution is 2.28. The third-order valence-electron chi connectivity index (χ3n) is 4.34. The molecule has 0 unspecified atom stereocenters. The molecule has 2 rings (SSSR count). The van der Waals surface area contributed by atoms with Crippen LogP contribution in [-0.4, -0.2) is 65.5 Å². The quantitative estimate of drug-likeness (QED) is 0.399. The first-order valence-corrected chi connectivity index (χ1v) is 8.88. The number of benzene rings is 1. The maximum absolute atomic E-state index is 5.69. The van der Waals surface area contributed by atoms with Crippen molar-refractivity contribution in [2.24, 2.45) is 10.9 Å². The Morgan fingerprint density at radius 1 is 1.24 bits per heavy atom. The first-order valence-electron chi connectivity index (χ1n) is 8.88. The minimum Gasteiger partial charge on any atom is -0.493 e. The summed E-state index contributed by atoms with van der Waals surface area (Å²) in [6.45, 7) is 3.28. The van der Waals surface area contributed by atoms with Gasteiger partial charge in [0.05, 0.1) is 20.8 Å². The van der Waals surface area contributed by atoms with Crippen LogP contribution in [-0.2, 0) is 11.2 Å². The summed E-state index contributed by atoms with van der Waals surface area (Å²) in [4.78, 5) is 6.44. The van der Waals surface area contributed by atoms with Gasteiger partial charge in [0.1, 0.15) is 0 Å². The molecule has 1 N–H and O–H groups in total. The van der Waals surface area contributed by atoms with Crippen LogP contribution in [0.15, 0.2) is 23.2 Å². The average Bonchev–Trinajstić information content (AvgIpc) is 3.46. The molecule has 1 saturated carbocycles. The van der Waals surface area contributed by atoms with Gasteiger partial charge in [-0.25, -0.2) is 0 Å². The van der Waals surface area contributed by atoms with Crippen LogP contribution in [0, 0.1) is 5.92 Å². The highest BCUT2D eigenvalue weighted by molar-refractivity contribution is 5.79. The molecule has 1 aromatic rings. The molecular weight excluding hydrogens is 318 g/mol. The minimum absolute atomic E-state index is 0.739. The van der Waals surface area contributed by atoms with Gasteiger partial charge < -0.3 is 24.4 Å². The van der Waals surface area contributed by atoms with Crippen molar-refractivity contribution in [1.82, 2.24) is 10.2 Å². The molecule has 0 bridgehead atoms. The lowest BCUT2D eigenvalue weighted by atomic mass is 10.1. The molecule has 25 heavy (non-hydrogen) atoms. The molecule has 140 valence electrons. The molecule has 1 fully saturated rings. The van der Waals surface area contributed by atoms with Gasteiger partial charge in [-0.15, -0.1) is 0 Å². The summed E-state index contributed by atoms with van der Waals surface area (Å²) in [6, 6.07) is 6.01. The molecule has 1 aliphatic rings. The Hall–Kier alpha value is -1.95. The fourth-order valence-electron chi connectivity index (χ4n) is 2.58. The van der Waals surface area contributed by atoms with Gasteiger partial charge in [0, 0.05) is 33.8 Å². The maximum atomic E-state index is 5.69. The second-order valence-corrected chi connectivity index (χ2v) is 6.35. The van der Waals surface area contributed by atoms with Gasteiger partial charge in [-0.05, 0) is 42.9 Å². The van der Waals surface area contributed by atoms with Crippen molar-refractivity contribution < 1.29 is 14.2 Å². The number of methoxy groups -OCH3 is 2. The second kappa shape index (κ2) is 10.1. The largest absolute Gasteiger partial charge is 0.493 e. The predicted molar refractivity (Wildman–Crippen MR) is 101 cm³/mol. The van der Waals surface area contributed by atoms with Crippen molar-refractivity contribution in [2.45, 2.75) is 19.3 Å². The van der Waals surface area contributed by atoms with E-state index >= 15 is 0 Å². The van der Waals surface area contributed by atoms with E-state index in [1.807, 2.05) is 19.2 Å². The molecule has 1 aromatic carbocycles. The number of guanidine groups is 1. The summed E-state index contributed by atoms with van der Waals surface area (Å²) < 4.78 is 16.3. The smallest absolute Gasteiger partial charge is 0.193 e. The van der Waals surface area contributed by atoms with Crippen molar-refractivity contribution in [3.8, 4) is 11.5 Å². The van der Waals surface area contributed by atoms with Crippen LogP contribution in [0.1, 0.15) is 18.4 Å². The van der Waals surface area contributed by atoms with Crippen molar-refractivity contribution >= 4 is 5.96 Å². The van der Waals surface area contributed by atoms with Gasteiger partial charge in [0.15, 0.2) is 17.5 Å².